The lowest BCUT2D eigenvalue weighted by Crippen LogP contribution is -2.49. The molecule has 0 atom stereocenters. The molecule has 1 saturated heterocycles. The van der Waals surface area contributed by atoms with Crippen LogP contribution in [0.4, 0.5) is 10.5 Å². The highest BCUT2D eigenvalue weighted by atomic mass is 35.5. The lowest BCUT2D eigenvalue weighted by atomic mass is 10.2. The number of carbonyl (C=O) groups is 1. The molecule has 1 aliphatic heterocycles. The number of thiazole rings is 1. The van der Waals surface area contributed by atoms with Gasteiger partial charge in [-0.1, -0.05) is 35.3 Å². The van der Waals surface area contributed by atoms with Crippen molar-refractivity contribution in [2.75, 3.05) is 38.6 Å². The number of aromatic nitrogens is 1. The molecule has 2 amide bonds. The van der Waals surface area contributed by atoms with E-state index in [0.29, 0.717) is 29.5 Å². The van der Waals surface area contributed by atoms with Gasteiger partial charge in [0.2, 0.25) is 0 Å². The van der Waals surface area contributed by atoms with Gasteiger partial charge in [0.25, 0.3) is 0 Å². The van der Waals surface area contributed by atoms with Crippen LogP contribution in [-0.2, 0) is 6.54 Å². The molecule has 0 spiro atoms. The van der Waals surface area contributed by atoms with Gasteiger partial charge in [-0.3, -0.25) is 4.90 Å². The highest BCUT2D eigenvalue weighted by molar-refractivity contribution is 7.09. The zero-order valence-electron chi connectivity index (χ0n) is 17.0. The first-order valence-electron chi connectivity index (χ1n) is 9.84. The summed E-state index contributed by atoms with van der Waals surface area (Å²) in [6.45, 7) is 3.63. The fourth-order valence-corrected chi connectivity index (χ4v) is 4.55. The first-order chi connectivity index (χ1) is 15.0. The number of piperazine rings is 1. The second kappa shape index (κ2) is 9.87. The second-order valence-corrected chi connectivity index (χ2v) is 8.99. The Morgan fingerprint density at radius 2 is 1.81 bits per heavy atom. The third kappa shape index (κ3) is 5.49. The van der Waals surface area contributed by atoms with Crippen LogP contribution >= 0.6 is 34.5 Å². The minimum atomic E-state index is -0.153. The molecule has 6 nitrogen and oxygen atoms in total. The summed E-state index contributed by atoms with van der Waals surface area (Å²) in [7, 11) is 1.56. The third-order valence-electron chi connectivity index (χ3n) is 5.11. The molecule has 2 heterocycles. The standard InChI is InChI=1S/C22H22Cl2N4O2S/c1-30-20-7-6-17(24)12-18(20)26-22(29)28-10-8-27(9-11-28)13-21-25-19(14-31-21)15-2-4-16(23)5-3-15/h2-7,12,14H,8-11,13H2,1H3,(H,26,29). The van der Waals surface area contributed by atoms with E-state index < -0.39 is 0 Å². The molecule has 31 heavy (non-hydrogen) atoms. The van der Waals surface area contributed by atoms with E-state index in [1.54, 1.807) is 41.5 Å². The minimum absolute atomic E-state index is 0.153. The molecule has 0 radical (unpaired) electrons. The number of carbonyl (C=O) groups excluding carboxylic acids is 1. The van der Waals surface area contributed by atoms with Gasteiger partial charge >= 0.3 is 6.03 Å². The molecule has 3 aromatic rings. The van der Waals surface area contributed by atoms with Crippen LogP contribution in [0.1, 0.15) is 5.01 Å². The first kappa shape index (κ1) is 21.9. The molecule has 0 aliphatic carbocycles. The number of halogens is 2. The van der Waals surface area contributed by atoms with Crippen molar-refractivity contribution in [3.05, 3.63) is 62.9 Å². The van der Waals surface area contributed by atoms with Crippen molar-refractivity contribution < 1.29 is 9.53 Å². The maximum absolute atomic E-state index is 12.7. The van der Waals surface area contributed by atoms with Gasteiger partial charge in [0.1, 0.15) is 10.8 Å². The molecule has 1 aromatic heterocycles. The van der Waals surface area contributed by atoms with Crippen LogP contribution in [0.5, 0.6) is 5.75 Å². The molecule has 0 bridgehead atoms. The largest absolute Gasteiger partial charge is 0.495 e. The maximum atomic E-state index is 12.7. The average Bonchev–Trinajstić information content (AvgIpc) is 3.23. The number of rotatable bonds is 5. The van der Waals surface area contributed by atoms with Gasteiger partial charge in [-0.2, -0.15) is 0 Å². The molecular weight excluding hydrogens is 455 g/mol. The van der Waals surface area contributed by atoms with Gasteiger partial charge in [-0.15, -0.1) is 11.3 Å². The van der Waals surface area contributed by atoms with Gasteiger partial charge < -0.3 is 15.0 Å². The summed E-state index contributed by atoms with van der Waals surface area (Å²) in [5, 5.41) is 7.29. The smallest absolute Gasteiger partial charge is 0.322 e. The first-order valence-corrected chi connectivity index (χ1v) is 11.5. The van der Waals surface area contributed by atoms with E-state index in [0.717, 1.165) is 40.9 Å². The fraction of sp³-hybridized carbons (Fsp3) is 0.273. The molecule has 0 unspecified atom stereocenters. The van der Waals surface area contributed by atoms with E-state index >= 15 is 0 Å². The van der Waals surface area contributed by atoms with E-state index in [-0.39, 0.29) is 6.03 Å². The number of nitrogens with zero attached hydrogens (tertiary/aromatic N) is 3. The lowest BCUT2D eigenvalue weighted by molar-refractivity contribution is 0.143. The van der Waals surface area contributed by atoms with Crippen LogP contribution in [-0.4, -0.2) is 54.1 Å². The number of urea groups is 1. The van der Waals surface area contributed by atoms with Crippen LogP contribution in [0.15, 0.2) is 47.8 Å². The topological polar surface area (TPSA) is 57.7 Å². The van der Waals surface area contributed by atoms with Crippen molar-refractivity contribution in [3.63, 3.8) is 0 Å². The Bertz CT molecular complexity index is 1050. The van der Waals surface area contributed by atoms with E-state index in [1.165, 1.54) is 0 Å². The summed E-state index contributed by atoms with van der Waals surface area (Å²) in [6, 6.07) is 12.7. The van der Waals surface area contributed by atoms with Gasteiger partial charge in [0.15, 0.2) is 0 Å². The van der Waals surface area contributed by atoms with Gasteiger partial charge in [0, 0.05) is 47.2 Å². The Kier molecular flexibility index (Phi) is 6.97. The number of anilines is 1. The number of methoxy groups -OCH3 is 1. The lowest BCUT2D eigenvalue weighted by Gasteiger charge is -2.34. The number of ether oxygens (including phenoxy) is 1. The average molecular weight is 477 g/mol. The third-order valence-corrected chi connectivity index (χ3v) is 6.43. The number of benzene rings is 2. The van der Waals surface area contributed by atoms with Crippen molar-refractivity contribution in [3.8, 4) is 17.0 Å². The highest BCUT2D eigenvalue weighted by Gasteiger charge is 2.22. The van der Waals surface area contributed by atoms with Crippen LogP contribution in [0.3, 0.4) is 0 Å². The second-order valence-electron chi connectivity index (χ2n) is 7.17. The Hall–Kier alpha value is -2.32. The van der Waals surface area contributed by atoms with Crippen molar-refractivity contribution in [1.82, 2.24) is 14.8 Å². The van der Waals surface area contributed by atoms with Crippen molar-refractivity contribution in [1.29, 1.82) is 0 Å². The molecule has 162 valence electrons. The predicted molar refractivity (Wildman–Crippen MR) is 126 cm³/mol. The highest BCUT2D eigenvalue weighted by Crippen LogP contribution is 2.28. The SMILES string of the molecule is COc1ccc(Cl)cc1NC(=O)N1CCN(Cc2nc(-c3ccc(Cl)cc3)cs2)CC1. The van der Waals surface area contributed by atoms with Crippen LogP contribution in [0.2, 0.25) is 10.0 Å². The summed E-state index contributed by atoms with van der Waals surface area (Å²) in [5.74, 6) is 0.580. The minimum Gasteiger partial charge on any atom is -0.495 e. The van der Waals surface area contributed by atoms with Crippen molar-refractivity contribution >= 4 is 46.3 Å². The Labute approximate surface area is 195 Å². The van der Waals surface area contributed by atoms with E-state index in [1.807, 2.05) is 24.3 Å². The molecule has 0 saturated carbocycles. The van der Waals surface area contributed by atoms with Crippen molar-refractivity contribution in [2.45, 2.75) is 6.54 Å². The van der Waals surface area contributed by atoms with Gasteiger partial charge in [-0.05, 0) is 30.3 Å². The zero-order chi connectivity index (χ0) is 21.8. The Balaban J connectivity index is 1.30. The monoisotopic (exact) mass is 476 g/mol. The number of hydrogen-bond donors (Lipinski definition) is 1. The molecule has 1 fully saturated rings. The fourth-order valence-electron chi connectivity index (χ4n) is 3.41. The summed E-state index contributed by atoms with van der Waals surface area (Å²) < 4.78 is 5.30. The molecule has 4 rings (SSSR count). The van der Waals surface area contributed by atoms with Gasteiger partial charge in [-0.25, -0.2) is 9.78 Å². The summed E-state index contributed by atoms with van der Waals surface area (Å²) >= 11 is 13.7. The quantitative estimate of drug-likeness (QED) is 0.529. The van der Waals surface area contributed by atoms with Crippen LogP contribution < -0.4 is 10.1 Å². The van der Waals surface area contributed by atoms with E-state index in [2.05, 4.69) is 15.6 Å². The molecule has 1 aliphatic rings. The predicted octanol–water partition coefficient (Wildman–Crippen LogP) is 5.48. The van der Waals surface area contributed by atoms with Crippen molar-refractivity contribution in [2.24, 2.45) is 0 Å². The van der Waals surface area contributed by atoms with Gasteiger partial charge in [0.05, 0.1) is 25.0 Å². The Morgan fingerprint density at radius 3 is 2.52 bits per heavy atom. The zero-order valence-corrected chi connectivity index (χ0v) is 19.3. The molecule has 1 N–H and O–H groups in total. The number of nitrogens with one attached hydrogen (secondary N) is 1. The summed E-state index contributed by atoms with van der Waals surface area (Å²) in [6.07, 6.45) is 0. The summed E-state index contributed by atoms with van der Waals surface area (Å²) in [5.41, 5.74) is 2.59. The molecular formula is C22H22Cl2N4O2S. The van der Waals surface area contributed by atoms with Crippen LogP contribution in [0.25, 0.3) is 11.3 Å². The number of hydrogen-bond acceptors (Lipinski definition) is 5. The summed E-state index contributed by atoms with van der Waals surface area (Å²) in [4.78, 5) is 21.5. The van der Waals surface area contributed by atoms with Crippen LogP contribution in [0, 0.1) is 0 Å². The molecule has 2 aromatic carbocycles. The molecule has 9 heteroatoms. The number of amides is 2. The van der Waals surface area contributed by atoms with E-state index in [4.69, 9.17) is 32.9 Å². The van der Waals surface area contributed by atoms with E-state index in [9.17, 15) is 4.79 Å². The maximum Gasteiger partial charge on any atom is 0.322 e. The normalized spacial score (nSPS) is 14.5. The Morgan fingerprint density at radius 1 is 1.10 bits per heavy atom.